The van der Waals surface area contributed by atoms with E-state index in [0.717, 1.165) is 12.3 Å². The SMILES string of the molecule is NS(=O)(=O)c1cccc(-c2ccc3nccc(-c4ccnc(C(F)(F)F)c4)c3n2)c1. The Kier molecular flexibility index (Phi) is 4.75. The number of aromatic nitrogens is 3. The van der Waals surface area contributed by atoms with Gasteiger partial charge in [-0.2, -0.15) is 13.2 Å². The molecule has 0 atom stereocenters. The van der Waals surface area contributed by atoms with Crippen molar-refractivity contribution in [3.8, 4) is 22.4 Å². The lowest BCUT2D eigenvalue weighted by atomic mass is 10.0. The van der Waals surface area contributed by atoms with Crippen LogP contribution in [0.3, 0.4) is 0 Å². The van der Waals surface area contributed by atoms with Crippen LogP contribution in [0.4, 0.5) is 13.2 Å². The minimum atomic E-state index is -4.58. The van der Waals surface area contributed by atoms with Crippen molar-refractivity contribution in [1.29, 1.82) is 0 Å². The van der Waals surface area contributed by atoms with Crippen molar-refractivity contribution in [2.75, 3.05) is 0 Å². The second-order valence-electron chi connectivity index (χ2n) is 6.42. The lowest BCUT2D eigenvalue weighted by Gasteiger charge is -2.10. The highest BCUT2D eigenvalue weighted by Gasteiger charge is 2.32. The molecule has 4 aromatic rings. The molecule has 0 amide bonds. The van der Waals surface area contributed by atoms with E-state index in [9.17, 15) is 21.6 Å². The molecule has 1 aromatic carbocycles. The molecule has 0 saturated carbocycles. The van der Waals surface area contributed by atoms with E-state index in [-0.39, 0.29) is 10.5 Å². The van der Waals surface area contributed by atoms with Crippen molar-refractivity contribution in [2.45, 2.75) is 11.1 Å². The molecule has 152 valence electrons. The first-order chi connectivity index (χ1) is 14.1. The molecule has 0 bridgehead atoms. The van der Waals surface area contributed by atoms with E-state index in [4.69, 9.17) is 5.14 Å². The fraction of sp³-hybridized carbons (Fsp3) is 0.0500. The molecule has 0 aliphatic rings. The Morgan fingerprint density at radius 2 is 1.63 bits per heavy atom. The van der Waals surface area contributed by atoms with Gasteiger partial charge in [-0.1, -0.05) is 12.1 Å². The molecule has 0 unspecified atom stereocenters. The summed E-state index contributed by atoms with van der Waals surface area (Å²) >= 11 is 0. The highest BCUT2D eigenvalue weighted by molar-refractivity contribution is 7.89. The fourth-order valence-corrected chi connectivity index (χ4v) is 3.56. The van der Waals surface area contributed by atoms with Gasteiger partial charge in [-0.3, -0.25) is 9.97 Å². The Balaban J connectivity index is 1.89. The average Bonchev–Trinajstić information content (AvgIpc) is 2.72. The summed E-state index contributed by atoms with van der Waals surface area (Å²) < 4.78 is 62.5. The summed E-state index contributed by atoms with van der Waals surface area (Å²) in [5.41, 5.74) is 1.47. The highest BCUT2D eigenvalue weighted by Crippen LogP contribution is 2.33. The van der Waals surface area contributed by atoms with Crippen molar-refractivity contribution in [1.82, 2.24) is 15.0 Å². The van der Waals surface area contributed by atoms with Gasteiger partial charge in [0.2, 0.25) is 10.0 Å². The maximum Gasteiger partial charge on any atom is 0.433 e. The highest BCUT2D eigenvalue weighted by atomic mass is 32.2. The standard InChI is InChI=1S/C20H13F3N4O2S/c21-20(22,23)18-11-12(6-8-26-18)15-7-9-25-17-5-4-16(27-19(15)17)13-2-1-3-14(10-13)30(24,28)29/h1-11H,(H2,24,28,29). The van der Waals surface area contributed by atoms with Crippen molar-refractivity contribution in [2.24, 2.45) is 5.14 Å². The van der Waals surface area contributed by atoms with Gasteiger partial charge in [0.1, 0.15) is 5.69 Å². The van der Waals surface area contributed by atoms with Crippen molar-refractivity contribution in [3.63, 3.8) is 0 Å². The van der Waals surface area contributed by atoms with E-state index < -0.39 is 21.9 Å². The molecule has 0 aliphatic heterocycles. The van der Waals surface area contributed by atoms with Gasteiger partial charge < -0.3 is 0 Å². The van der Waals surface area contributed by atoms with Crippen LogP contribution in [-0.4, -0.2) is 23.4 Å². The minimum absolute atomic E-state index is 0.0720. The zero-order chi connectivity index (χ0) is 21.5. The molecule has 10 heteroatoms. The van der Waals surface area contributed by atoms with Crippen LogP contribution in [0.15, 0.2) is 71.9 Å². The number of hydrogen-bond acceptors (Lipinski definition) is 5. The number of rotatable bonds is 3. The van der Waals surface area contributed by atoms with Crippen LogP contribution < -0.4 is 5.14 Å². The van der Waals surface area contributed by atoms with E-state index in [1.165, 1.54) is 30.5 Å². The molecule has 4 rings (SSSR count). The molecule has 3 aromatic heterocycles. The molecular weight excluding hydrogens is 417 g/mol. The van der Waals surface area contributed by atoms with E-state index in [0.29, 0.717) is 27.9 Å². The van der Waals surface area contributed by atoms with Gasteiger partial charge in [-0.15, -0.1) is 0 Å². The van der Waals surface area contributed by atoms with Crippen molar-refractivity contribution in [3.05, 3.63) is 72.7 Å². The zero-order valence-corrected chi connectivity index (χ0v) is 15.9. The second-order valence-corrected chi connectivity index (χ2v) is 7.98. The van der Waals surface area contributed by atoms with Crippen LogP contribution in [0.2, 0.25) is 0 Å². The number of hydrogen-bond donors (Lipinski definition) is 1. The van der Waals surface area contributed by atoms with Gasteiger partial charge in [0, 0.05) is 23.5 Å². The number of nitrogens with two attached hydrogens (primary N) is 1. The van der Waals surface area contributed by atoms with Gasteiger partial charge in [0.25, 0.3) is 0 Å². The van der Waals surface area contributed by atoms with Gasteiger partial charge in [-0.25, -0.2) is 18.5 Å². The molecule has 6 nitrogen and oxygen atoms in total. The monoisotopic (exact) mass is 430 g/mol. The Hall–Kier alpha value is -3.37. The maximum atomic E-state index is 13.1. The Labute approximate surface area is 169 Å². The Morgan fingerprint density at radius 3 is 2.37 bits per heavy atom. The molecular formula is C20H13F3N4O2S. The molecule has 30 heavy (non-hydrogen) atoms. The minimum Gasteiger partial charge on any atom is -0.255 e. The van der Waals surface area contributed by atoms with E-state index in [2.05, 4.69) is 15.0 Å². The summed E-state index contributed by atoms with van der Waals surface area (Å²) in [5.74, 6) is 0. The number of sulfonamides is 1. The lowest BCUT2D eigenvalue weighted by Crippen LogP contribution is -2.11. The Bertz CT molecular complexity index is 1370. The number of benzene rings is 1. The number of halogens is 3. The molecule has 0 saturated heterocycles. The topological polar surface area (TPSA) is 98.8 Å². The average molecular weight is 430 g/mol. The number of fused-ring (bicyclic) bond motifs is 1. The molecule has 0 fully saturated rings. The van der Waals surface area contributed by atoms with Crippen LogP contribution in [0.5, 0.6) is 0 Å². The van der Waals surface area contributed by atoms with Crippen LogP contribution in [0.25, 0.3) is 33.4 Å². The molecule has 0 aliphatic carbocycles. The van der Waals surface area contributed by atoms with E-state index >= 15 is 0 Å². The van der Waals surface area contributed by atoms with E-state index in [1.807, 2.05) is 0 Å². The Morgan fingerprint density at radius 1 is 0.867 bits per heavy atom. The lowest BCUT2D eigenvalue weighted by molar-refractivity contribution is -0.141. The number of pyridine rings is 3. The molecule has 3 heterocycles. The third-order valence-electron chi connectivity index (χ3n) is 4.40. The summed E-state index contributed by atoms with van der Waals surface area (Å²) in [7, 11) is -3.90. The third kappa shape index (κ3) is 3.87. The van der Waals surface area contributed by atoms with Crippen LogP contribution in [-0.2, 0) is 16.2 Å². The van der Waals surface area contributed by atoms with Crippen LogP contribution in [0, 0.1) is 0 Å². The summed E-state index contributed by atoms with van der Waals surface area (Å²) in [4.78, 5) is 12.1. The molecule has 0 spiro atoms. The van der Waals surface area contributed by atoms with Gasteiger partial charge in [0.05, 0.1) is 21.6 Å². The third-order valence-corrected chi connectivity index (χ3v) is 5.31. The van der Waals surface area contributed by atoms with Crippen LogP contribution >= 0.6 is 0 Å². The second kappa shape index (κ2) is 7.15. The summed E-state index contributed by atoms with van der Waals surface area (Å²) in [5, 5.41) is 5.19. The smallest absolute Gasteiger partial charge is 0.255 e. The van der Waals surface area contributed by atoms with Gasteiger partial charge >= 0.3 is 6.18 Å². The summed E-state index contributed by atoms with van der Waals surface area (Å²) in [6.07, 6.45) is -2.01. The largest absolute Gasteiger partial charge is 0.433 e. The fourth-order valence-electron chi connectivity index (χ4n) is 3.00. The zero-order valence-electron chi connectivity index (χ0n) is 15.1. The molecule has 2 N–H and O–H groups in total. The van der Waals surface area contributed by atoms with E-state index in [1.54, 1.807) is 24.3 Å². The normalized spacial score (nSPS) is 12.3. The number of primary sulfonamides is 1. The van der Waals surface area contributed by atoms with Gasteiger partial charge in [0.15, 0.2) is 0 Å². The maximum absolute atomic E-state index is 13.1. The van der Waals surface area contributed by atoms with Crippen molar-refractivity contribution >= 4 is 21.1 Å². The first-order valence-corrected chi connectivity index (χ1v) is 10.1. The predicted octanol–water partition coefficient (Wildman–Crippen LogP) is 4.03. The first kappa shape index (κ1) is 19.9. The van der Waals surface area contributed by atoms with Crippen LogP contribution in [0.1, 0.15) is 5.69 Å². The van der Waals surface area contributed by atoms with Gasteiger partial charge in [-0.05, 0) is 48.0 Å². The molecule has 0 radical (unpaired) electrons. The number of alkyl halides is 3. The van der Waals surface area contributed by atoms with Crippen molar-refractivity contribution < 1.29 is 21.6 Å². The predicted molar refractivity (Wildman–Crippen MR) is 105 cm³/mol. The summed E-state index contributed by atoms with van der Waals surface area (Å²) in [6.45, 7) is 0. The quantitative estimate of drug-likeness (QED) is 0.529. The summed E-state index contributed by atoms with van der Waals surface area (Å²) in [6, 6.07) is 13.2. The number of nitrogens with zero attached hydrogens (tertiary/aromatic N) is 3. The first-order valence-electron chi connectivity index (χ1n) is 8.55.